The molecule has 0 radical (unpaired) electrons. The highest BCUT2D eigenvalue weighted by Crippen LogP contribution is 2.28. The van der Waals surface area contributed by atoms with Gasteiger partial charge in [0.1, 0.15) is 12.4 Å². The van der Waals surface area contributed by atoms with E-state index in [2.05, 4.69) is 10.3 Å². The van der Waals surface area contributed by atoms with Crippen LogP contribution in [0.2, 0.25) is 10.0 Å². The first-order chi connectivity index (χ1) is 13.9. The Morgan fingerprint density at radius 2 is 2.03 bits per heavy atom. The molecule has 7 nitrogen and oxygen atoms in total. The Labute approximate surface area is 178 Å². The molecule has 0 bridgehead atoms. The topological polar surface area (TPSA) is 86.8 Å². The minimum absolute atomic E-state index is 0.116. The SMILES string of the molecule is Cc1c(Cl)cnc(NC(=O)COC(=O)c2ccc(OCC3CCCO3)cc2)c1Cl. The predicted octanol–water partition coefficient (Wildman–Crippen LogP) is 4.05. The number of hydrogen-bond acceptors (Lipinski definition) is 6. The minimum atomic E-state index is -0.628. The van der Waals surface area contributed by atoms with Crippen molar-refractivity contribution in [1.29, 1.82) is 0 Å². The summed E-state index contributed by atoms with van der Waals surface area (Å²) < 4.78 is 16.2. The Morgan fingerprint density at radius 1 is 1.28 bits per heavy atom. The molecule has 9 heteroatoms. The van der Waals surface area contributed by atoms with E-state index in [9.17, 15) is 9.59 Å². The second kappa shape index (κ2) is 9.91. The molecule has 0 aliphatic carbocycles. The first-order valence-corrected chi connectivity index (χ1v) is 9.81. The Hall–Kier alpha value is -2.35. The second-order valence-corrected chi connectivity index (χ2v) is 7.27. The fourth-order valence-corrected chi connectivity index (χ4v) is 3.07. The van der Waals surface area contributed by atoms with Crippen LogP contribution in [0.3, 0.4) is 0 Å². The number of rotatable bonds is 7. The first kappa shape index (κ1) is 21.4. The Bertz CT molecular complexity index is 883. The molecule has 2 heterocycles. The lowest BCUT2D eigenvalue weighted by Gasteiger charge is -2.12. The van der Waals surface area contributed by atoms with Gasteiger partial charge in [-0.3, -0.25) is 4.79 Å². The maximum Gasteiger partial charge on any atom is 0.338 e. The maximum absolute atomic E-state index is 12.1. The first-order valence-electron chi connectivity index (χ1n) is 9.06. The number of nitrogens with zero attached hydrogens (tertiary/aromatic N) is 1. The number of halogens is 2. The van der Waals surface area contributed by atoms with Crippen molar-refractivity contribution >= 4 is 40.9 Å². The molecule has 2 aromatic rings. The molecule has 1 aliphatic heterocycles. The van der Waals surface area contributed by atoms with Gasteiger partial charge in [-0.25, -0.2) is 9.78 Å². The number of benzene rings is 1. The van der Waals surface area contributed by atoms with Crippen LogP contribution in [0.5, 0.6) is 5.75 Å². The standard InChI is InChI=1S/C20H20Cl2N2O5/c1-12-16(21)9-23-19(18(12)22)24-17(25)11-29-20(26)13-4-6-14(7-5-13)28-10-15-3-2-8-27-15/h4-7,9,15H,2-3,8,10-11H2,1H3,(H,23,24,25). The van der Waals surface area contributed by atoms with Crippen LogP contribution in [-0.2, 0) is 14.3 Å². The molecule has 1 N–H and O–H groups in total. The molecule has 3 rings (SSSR count). The van der Waals surface area contributed by atoms with Gasteiger partial charge in [0.25, 0.3) is 5.91 Å². The fraction of sp³-hybridized carbons (Fsp3) is 0.350. The van der Waals surface area contributed by atoms with E-state index in [1.165, 1.54) is 6.20 Å². The van der Waals surface area contributed by atoms with Crippen LogP contribution in [0.4, 0.5) is 5.82 Å². The van der Waals surface area contributed by atoms with Crippen LogP contribution in [0, 0.1) is 6.92 Å². The third-order valence-electron chi connectivity index (χ3n) is 4.34. The zero-order valence-electron chi connectivity index (χ0n) is 15.7. The molecular weight excluding hydrogens is 419 g/mol. The molecule has 1 aromatic carbocycles. The van der Waals surface area contributed by atoms with E-state index >= 15 is 0 Å². The normalized spacial score (nSPS) is 15.8. The Balaban J connectivity index is 1.47. The molecule has 1 saturated heterocycles. The average Bonchev–Trinajstić information content (AvgIpc) is 3.25. The minimum Gasteiger partial charge on any atom is -0.491 e. The van der Waals surface area contributed by atoms with Gasteiger partial charge in [-0.1, -0.05) is 23.2 Å². The lowest BCUT2D eigenvalue weighted by molar-refractivity contribution is -0.119. The second-order valence-electron chi connectivity index (χ2n) is 6.49. The highest BCUT2D eigenvalue weighted by atomic mass is 35.5. The van der Waals surface area contributed by atoms with Gasteiger partial charge in [0.05, 0.1) is 21.7 Å². The van der Waals surface area contributed by atoms with E-state index in [0.29, 0.717) is 28.5 Å². The average molecular weight is 439 g/mol. The molecule has 154 valence electrons. The largest absolute Gasteiger partial charge is 0.491 e. The summed E-state index contributed by atoms with van der Waals surface area (Å²) in [5.74, 6) is -0.404. The quantitative estimate of drug-likeness (QED) is 0.656. The number of aromatic nitrogens is 1. The van der Waals surface area contributed by atoms with Crippen molar-refractivity contribution in [3.8, 4) is 5.75 Å². The highest BCUT2D eigenvalue weighted by molar-refractivity contribution is 6.37. The van der Waals surface area contributed by atoms with Crippen LogP contribution in [0.15, 0.2) is 30.5 Å². The van der Waals surface area contributed by atoms with Crippen molar-refractivity contribution in [2.75, 3.05) is 25.1 Å². The summed E-state index contributed by atoms with van der Waals surface area (Å²) in [6.07, 6.45) is 3.53. The summed E-state index contributed by atoms with van der Waals surface area (Å²) in [5.41, 5.74) is 0.901. The maximum atomic E-state index is 12.1. The van der Waals surface area contributed by atoms with E-state index in [4.69, 9.17) is 37.4 Å². The number of esters is 1. The lowest BCUT2D eigenvalue weighted by atomic mass is 10.2. The fourth-order valence-electron chi connectivity index (χ4n) is 2.68. The molecule has 29 heavy (non-hydrogen) atoms. The molecular formula is C20H20Cl2N2O5. The molecule has 1 atom stereocenters. The van der Waals surface area contributed by atoms with E-state index in [0.717, 1.165) is 19.4 Å². The summed E-state index contributed by atoms with van der Waals surface area (Å²) >= 11 is 12.0. The monoisotopic (exact) mass is 438 g/mol. The van der Waals surface area contributed by atoms with Gasteiger partial charge in [-0.05, 0) is 49.6 Å². The molecule has 1 aliphatic rings. The van der Waals surface area contributed by atoms with Gasteiger partial charge in [0, 0.05) is 12.8 Å². The van der Waals surface area contributed by atoms with Crippen LogP contribution in [0.25, 0.3) is 0 Å². The van der Waals surface area contributed by atoms with E-state index in [-0.39, 0.29) is 16.9 Å². The zero-order chi connectivity index (χ0) is 20.8. The summed E-state index contributed by atoms with van der Waals surface area (Å²) in [6.45, 7) is 2.48. The highest BCUT2D eigenvalue weighted by Gasteiger charge is 2.17. The van der Waals surface area contributed by atoms with E-state index < -0.39 is 18.5 Å². The van der Waals surface area contributed by atoms with Crippen molar-refractivity contribution < 1.29 is 23.8 Å². The number of ether oxygens (including phenoxy) is 3. The number of hydrogen-bond donors (Lipinski definition) is 1. The summed E-state index contributed by atoms with van der Waals surface area (Å²) in [6, 6.07) is 6.50. The molecule has 1 amide bonds. The predicted molar refractivity (Wildman–Crippen MR) is 109 cm³/mol. The lowest BCUT2D eigenvalue weighted by Crippen LogP contribution is -2.21. The van der Waals surface area contributed by atoms with Gasteiger partial charge in [-0.2, -0.15) is 0 Å². The molecule has 0 spiro atoms. The molecule has 1 fully saturated rings. The molecule has 1 unspecified atom stereocenters. The summed E-state index contributed by atoms with van der Waals surface area (Å²) in [5, 5.41) is 3.11. The van der Waals surface area contributed by atoms with Crippen molar-refractivity contribution in [3.05, 3.63) is 51.6 Å². The summed E-state index contributed by atoms with van der Waals surface area (Å²) in [4.78, 5) is 28.1. The third-order valence-corrected chi connectivity index (χ3v) is 5.19. The number of carbonyl (C=O) groups excluding carboxylic acids is 2. The van der Waals surface area contributed by atoms with Gasteiger partial charge < -0.3 is 19.5 Å². The van der Waals surface area contributed by atoms with Gasteiger partial charge in [0.2, 0.25) is 0 Å². The van der Waals surface area contributed by atoms with Gasteiger partial charge in [-0.15, -0.1) is 0 Å². The number of nitrogens with one attached hydrogen (secondary N) is 1. The number of amides is 1. The molecule has 0 saturated carbocycles. The van der Waals surface area contributed by atoms with Gasteiger partial charge >= 0.3 is 5.97 Å². The van der Waals surface area contributed by atoms with Crippen LogP contribution >= 0.6 is 23.2 Å². The van der Waals surface area contributed by atoms with Crippen molar-refractivity contribution in [1.82, 2.24) is 4.98 Å². The van der Waals surface area contributed by atoms with Crippen molar-refractivity contribution in [3.63, 3.8) is 0 Å². The number of carbonyl (C=O) groups is 2. The summed E-state index contributed by atoms with van der Waals surface area (Å²) in [7, 11) is 0. The number of pyridine rings is 1. The van der Waals surface area contributed by atoms with Crippen LogP contribution in [-0.4, -0.2) is 42.8 Å². The van der Waals surface area contributed by atoms with Crippen LogP contribution in [0.1, 0.15) is 28.8 Å². The smallest absolute Gasteiger partial charge is 0.338 e. The van der Waals surface area contributed by atoms with E-state index in [1.807, 2.05) is 0 Å². The number of anilines is 1. The Morgan fingerprint density at radius 3 is 2.72 bits per heavy atom. The third kappa shape index (κ3) is 5.82. The van der Waals surface area contributed by atoms with E-state index in [1.54, 1.807) is 31.2 Å². The van der Waals surface area contributed by atoms with Crippen LogP contribution < -0.4 is 10.1 Å². The Kier molecular flexibility index (Phi) is 7.30. The zero-order valence-corrected chi connectivity index (χ0v) is 17.3. The van der Waals surface area contributed by atoms with Crippen molar-refractivity contribution in [2.24, 2.45) is 0 Å². The van der Waals surface area contributed by atoms with Crippen molar-refractivity contribution in [2.45, 2.75) is 25.9 Å². The molecule has 1 aromatic heterocycles. The van der Waals surface area contributed by atoms with Gasteiger partial charge in [0.15, 0.2) is 12.4 Å².